The fraction of sp³-hybridized carbons (Fsp3) is 0.350. The monoisotopic (exact) mass is 326 g/mol. The first-order valence-corrected chi connectivity index (χ1v) is 8.24. The summed E-state index contributed by atoms with van der Waals surface area (Å²) < 4.78 is 11.8. The van der Waals surface area contributed by atoms with Gasteiger partial charge in [-0.05, 0) is 11.1 Å². The summed E-state index contributed by atoms with van der Waals surface area (Å²) in [5.74, 6) is -0.0947. The van der Waals surface area contributed by atoms with Crippen molar-refractivity contribution in [2.45, 2.75) is 44.4 Å². The Hall–Kier alpha value is -2.01. The van der Waals surface area contributed by atoms with Crippen LogP contribution in [0.4, 0.5) is 0 Å². The summed E-state index contributed by atoms with van der Waals surface area (Å²) in [6.07, 6.45) is -1.17. The minimum absolute atomic E-state index is 0.0947. The van der Waals surface area contributed by atoms with Crippen LogP contribution in [0, 0.1) is 0 Å². The molecule has 0 amide bonds. The Morgan fingerprint density at radius 1 is 0.875 bits per heavy atom. The van der Waals surface area contributed by atoms with Crippen molar-refractivity contribution in [3.63, 3.8) is 0 Å². The molecule has 0 aliphatic heterocycles. The average molecular weight is 326 g/mol. The van der Waals surface area contributed by atoms with Gasteiger partial charge in [0, 0.05) is 12.8 Å². The van der Waals surface area contributed by atoms with Crippen LogP contribution < -0.4 is 0 Å². The topological polar surface area (TPSA) is 55.8 Å². The number of Topliss-reactive ketones (excluding diaryl/α,β-unsaturated/α-hetero) is 1. The third kappa shape index (κ3) is 4.51. The van der Waals surface area contributed by atoms with E-state index in [9.17, 15) is 9.90 Å². The van der Waals surface area contributed by atoms with E-state index in [1.54, 1.807) is 0 Å². The molecule has 0 radical (unpaired) electrons. The van der Waals surface area contributed by atoms with Crippen LogP contribution in [-0.2, 0) is 27.5 Å². The number of aliphatic hydroxyl groups is 1. The molecule has 3 rings (SSSR count). The molecule has 1 saturated carbocycles. The Morgan fingerprint density at radius 2 is 1.42 bits per heavy atom. The summed E-state index contributed by atoms with van der Waals surface area (Å²) >= 11 is 0. The molecule has 0 aromatic heterocycles. The first kappa shape index (κ1) is 16.8. The lowest BCUT2D eigenvalue weighted by molar-refractivity contribution is -0.159. The van der Waals surface area contributed by atoms with Crippen molar-refractivity contribution < 1.29 is 19.4 Å². The van der Waals surface area contributed by atoms with E-state index in [-0.39, 0.29) is 12.2 Å². The van der Waals surface area contributed by atoms with E-state index in [2.05, 4.69) is 0 Å². The number of benzene rings is 2. The minimum Gasteiger partial charge on any atom is -0.393 e. The second-order valence-corrected chi connectivity index (χ2v) is 6.11. The number of carbonyl (C=O) groups excluding carboxylic acids is 1. The molecule has 0 heterocycles. The van der Waals surface area contributed by atoms with E-state index in [0.29, 0.717) is 19.6 Å². The maximum absolute atomic E-state index is 12.3. The highest BCUT2D eigenvalue weighted by Gasteiger charge is 2.37. The van der Waals surface area contributed by atoms with E-state index in [1.807, 2.05) is 60.7 Å². The van der Waals surface area contributed by atoms with Gasteiger partial charge in [-0.25, -0.2) is 0 Å². The van der Waals surface area contributed by atoms with Gasteiger partial charge in [-0.15, -0.1) is 0 Å². The zero-order chi connectivity index (χ0) is 16.8. The molecule has 0 unspecified atom stereocenters. The number of carbonyl (C=O) groups is 1. The molecule has 2 aromatic rings. The van der Waals surface area contributed by atoms with Crippen LogP contribution in [0.25, 0.3) is 0 Å². The van der Waals surface area contributed by atoms with Gasteiger partial charge in [0.1, 0.15) is 6.10 Å². The predicted octanol–water partition coefficient (Wildman–Crippen LogP) is 2.88. The van der Waals surface area contributed by atoms with Gasteiger partial charge in [-0.1, -0.05) is 60.7 Å². The summed E-state index contributed by atoms with van der Waals surface area (Å²) in [7, 11) is 0. The third-order valence-electron chi connectivity index (χ3n) is 4.18. The van der Waals surface area contributed by atoms with Crippen molar-refractivity contribution >= 4 is 5.78 Å². The van der Waals surface area contributed by atoms with Crippen molar-refractivity contribution in [3.8, 4) is 0 Å². The Balaban J connectivity index is 1.62. The van der Waals surface area contributed by atoms with Crippen molar-refractivity contribution in [2.75, 3.05) is 0 Å². The van der Waals surface area contributed by atoms with E-state index < -0.39 is 18.3 Å². The van der Waals surface area contributed by atoms with Crippen molar-refractivity contribution in [1.82, 2.24) is 0 Å². The van der Waals surface area contributed by atoms with E-state index >= 15 is 0 Å². The van der Waals surface area contributed by atoms with E-state index in [4.69, 9.17) is 9.47 Å². The van der Waals surface area contributed by atoms with Gasteiger partial charge in [-0.3, -0.25) is 4.79 Å². The summed E-state index contributed by atoms with van der Waals surface area (Å²) in [6.45, 7) is 0.759. The molecule has 3 atom stereocenters. The Bertz CT molecular complexity index is 641. The minimum atomic E-state index is -0.658. The molecule has 1 aliphatic rings. The highest BCUT2D eigenvalue weighted by Crippen LogP contribution is 2.24. The summed E-state index contributed by atoms with van der Waals surface area (Å²) in [5.41, 5.74) is 2.05. The van der Waals surface area contributed by atoms with Gasteiger partial charge >= 0.3 is 0 Å². The molecule has 0 spiro atoms. The zero-order valence-electron chi connectivity index (χ0n) is 13.5. The Labute approximate surface area is 142 Å². The van der Waals surface area contributed by atoms with Gasteiger partial charge in [0.2, 0.25) is 0 Å². The molecule has 2 aromatic carbocycles. The fourth-order valence-corrected chi connectivity index (χ4v) is 2.92. The highest BCUT2D eigenvalue weighted by molar-refractivity contribution is 5.85. The lowest BCUT2D eigenvalue weighted by Gasteiger charge is -2.32. The smallest absolute Gasteiger partial charge is 0.166 e. The molecule has 0 bridgehead atoms. The largest absolute Gasteiger partial charge is 0.393 e. The Morgan fingerprint density at radius 3 is 2.00 bits per heavy atom. The van der Waals surface area contributed by atoms with Crippen molar-refractivity contribution in [2.24, 2.45) is 0 Å². The van der Waals surface area contributed by atoms with Gasteiger partial charge in [0.05, 0.1) is 25.4 Å². The molecule has 4 nitrogen and oxygen atoms in total. The van der Waals surface area contributed by atoms with Crippen LogP contribution in [0.5, 0.6) is 0 Å². The third-order valence-corrected chi connectivity index (χ3v) is 4.18. The summed E-state index contributed by atoms with van der Waals surface area (Å²) in [6, 6.07) is 19.5. The number of ether oxygens (including phenoxy) is 2. The number of hydrogen-bond acceptors (Lipinski definition) is 4. The molecule has 126 valence electrons. The fourth-order valence-electron chi connectivity index (χ4n) is 2.92. The van der Waals surface area contributed by atoms with E-state index in [1.165, 1.54) is 0 Å². The first-order valence-electron chi connectivity index (χ1n) is 8.24. The normalized spacial score (nSPS) is 24.0. The van der Waals surface area contributed by atoms with Crippen molar-refractivity contribution in [3.05, 3.63) is 71.8 Å². The van der Waals surface area contributed by atoms with Crippen LogP contribution in [-0.4, -0.2) is 29.2 Å². The maximum atomic E-state index is 12.3. The second-order valence-electron chi connectivity index (χ2n) is 6.11. The zero-order valence-corrected chi connectivity index (χ0v) is 13.5. The molecule has 24 heavy (non-hydrogen) atoms. The molecular formula is C20H22O4. The second kappa shape index (κ2) is 8.20. The molecule has 1 aliphatic carbocycles. The molecule has 0 saturated heterocycles. The number of aliphatic hydroxyl groups excluding tert-OH is 1. The van der Waals surface area contributed by atoms with Gasteiger partial charge in [-0.2, -0.15) is 0 Å². The van der Waals surface area contributed by atoms with Gasteiger partial charge < -0.3 is 14.6 Å². The predicted molar refractivity (Wildman–Crippen MR) is 90.3 cm³/mol. The van der Waals surface area contributed by atoms with Crippen LogP contribution in [0.15, 0.2) is 60.7 Å². The number of ketones is 1. The first-order chi connectivity index (χ1) is 11.7. The number of hydrogen-bond donors (Lipinski definition) is 1. The average Bonchev–Trinajstić information content (AvgIpc) is 2.61. The van der Waals surface area contributed by atoms with Gasteiger partial charge in [0.15, 0.2) is 5.78 Å². The Kier molecular flexibility index (Phi) is 5.75. The SMILES string of the molecule is O=C1C[C@@H](O)C[C@@H](OCc2ccccc2)[C@@H]1OCc1ccccc1. The molecular weight excluding hydrogens is 304 g/mol. The maximum Gasteiger partial charge on any atom is 0.166 e. The van der Waals surface area contributed by atoms with Gasteiger partial charge in [0.25, 0.3) is 0 Å². The molecule has 4 heteroatoms. The molecule has 1 N–H and O–H groups in total. The quantitative estimate of drug-likeness (QED) is 0.887. The van der Waals surface area contributed by atoms with E-state index in [0.717, 1.165) is 11.1 Å². The standard InChI is InChI=1S/C20H22O4/c21-17-11-18(22)20(24-14-16-9-5-2-6-10-16)19(12-17)23-13-15-7-3-1-4-8-15/h1-10,17,19-21H,11-14H2/t17-,19-,20-/m1/s1. The summed E-state index contributed by atoms with van der Waals surface area (Å²) in [5, 5.41) is 9.89. The van der Waals surface area contributed by atoms with Crippen LogP contribution in [0.2, 0.25) is 0 Å². The lowest BCUT2D eigenvalue weighted by atomic mass is 9.91. The molecule has 1 fully saturated rings. The van der Waals surface area contributed by atoms with Crippen molar-refractivity contribution in [1.29, 1.82) is 0 Å². The van der Waals surface area contributed by atoms with Crippen LogP contribution in [0.3, 0.4) is 0 Å². The highest BCUT2D eigenvalue weighted by atomic mass is 16.5. The number of rotatable bonds is 6. The summed E-state index contributed by atoms with van der Waals surface area (Å²) in [4.78, 5) is 12.3. The van der Waals surface area contributed by atoms with Crippen LogP contribution in [0.1, 0.15) is 24.0 Å². The van der Waals surface area contributed by atoms with Crippen LogP contribution >= 0.6 is 0 Å². The lowest BCUT2D eigenvalue weighted by Crippen LogP contribution is -2.46.